The maximum absolute atomic E-state index is 12.9. The normalized spacial score (nSPS) is 13.2. The lowest BCUT2D eigenvalue weighted by atomic mass is 9.90. The van der Waals surface area contributed by atoms with Gasteiger partial charge < -0.3 is 5.32 Å². The molecular weight excluding hydrogens is 347 g/mol. The molecule has 1 atom stereocenters. The molecule has 0 fully saturated rings. The molecule has 1 unspecified atom stereocenters. The highest BCUT2D eigenvalue weighted by Crippen LogP contribution is 2.36. The van der Waals surface area contributed by atoms with Crippen molar-refractivity contribution in [1.82, 2.24) is 5.32 Å². The first kappa shape index (κ1) is 19.8. The molecule has 0 aliphatic rings. The summed E-state index contributed by atoms with van der Waals surface area (Å²) in [4.78, 5) is 0. The van der Waals surface area contributed by atoms with Crippen molar-refractivity contribution in [2.45, 2.75) is 38.9 Å². The zero-order valence-electron chi connectivity index (χ0n) is 14.4. The van der Waals surface area contributed by atoms with Gasteiger partial charge in [-0.1, -0.05) is 67.9 Å². The largest absolute Gasteiger partial charge is 0.417 e. The predicted octanol–water partition coefficient (Wildman–Crippen LogP) is 6.28. The van der Waals surface area contributed by atoms with Gasteiger partial charge in [-0.25, -0.2) is 0 Å². The molecule has 0 spiro atoms. The lowest BCUT2D eigenvalue weighted by molar-refractivity contribution is -0.137. The molecule has 0 saturated carbocycles. The molecule has 0 heterocycles. The lowest BCUT2D eigenvalue weighted by Gasteiger charge is -2.21. The van der Waals surface area contributed by atoms with Gasteiger partial charge in [0.05, 0.1) is 10.6 Å². The summed E-state index contributed by atoms with van der Waals surface area (Å²) in [5, 5.41) is 3.05. The van der Waals surface area contributed by atoms with Gasteiger partial charge in [-0.15, -0.1) is 0 Å². The Bertz CT molecular complexity index is 668. The van der Waals surface area contributed by atoms with Crippen LogP contribution in [0, 0.1) is 5.92 Å². The van der Waals surface area contributed by atoms with E-state index < -0.39 is 11.7 Å². The summed E-state index contributed by atoms with van der Waals surface area (Å²) in [6.07, 6.45) is -3.43. The number of alkyl halides is 3. The van der Waals surface area contributed by atoms with Crippen molar-refractivity contribution in [3.63, 3.8) is 0 Å². The van der Waals surface area contributed by atoms with Gasteiger partial charge in [0.25, 0.3) is 0 Å². The van der Waals surface area contributed by atoms with Crippen LogP contribution in [0.4, 0.5) is 13.2 Å². The third-order valence-electron chi connectivity index (χ3n) is 4.12. The minimum atomic E-state index is -4.43. The van der Waals surface area contributed by atoms with Crippen LogP contribution in [0.15, 0.2) is 48.5 Å². The molecule has 2 aromatic rings. The Morgan fingerprint density at radius 2 is 1.68 bits per heavy atom. The lowest BCUT2D eigenvalue weighted by Crippen LogP contribution is -2.23. The van der Waals surface area contributed by atoms with Gasteiger partial charge in [0.2, 0.25) is 0 Å². The topological polar surface area (TPSA) is 12.0 Å². The third kappa shape index (κ3) is 5.75. The summed E-state index contributed by atoms with van der Waals surface area (Å²) in [6.45, 7) is 5.33. The quantitative estimate of drug-likeness (QED) is 0.605. The maximum Gasteiger partial charge on any atom is 0.417 e. The van der Waals surface area contributed by atoms with Crippen molar-refractivity contribution >= 4 is 11.6 Å². The molecule has 136 valence electrons. The van der Waals surface area contributed by atoms with Crippen LogP contribution in [0.5, 0.6) is 0 Å². The fourth-order valence-electron chi connectivity index (χ4n) is 2.95. The van der Waals surface area contributed by atoms with Crippen molar-refractivity contribution in [3.8, 4) is 0 Å². The van der Waals surface area contributed by atoms with Gasteiger partial charge in [-0.05, 0) is 35.4 Å². The fourth-order valence-corrected chi connectivity index (χ4v) is 3.25. The molecule has 1 nitrogen and oxygen atoms in total. The van der Waals surface area contributed by atoms with E-state index in [2.05, 4.69) is 31.3 Å². The van der Waals surface area contributed by atoms with Crippen molar-refractivity contribution < 1.29 is 13.2 Å². The summed E-state index contributed by atoms with van der Waals surface area (Å²) in [5.41, 5.74) is 0.918. The van der Waals surface area contributed by atoms with Crippen molar-refractivity contribution in [2.24, 2.45) is 5.92 Å². The highest BCUT2D eigenvalue weighted by atomic mass is 35.5. The average Bonchev–Trinajstić information content (AvgIpc) is 2.55. The van der Waals surface area contributed by atoms with Crippen molar-refractivity contribution in [2.75, 3.05) is 6.54 Å². The minimum Gasteiger partial charge on any atom is -0.312 e. The van der Waals surface area contributed by atoms with Crippen LogP contribution < -0.4 is 5.32 Å². The number of hydrogen-bond acceptors (Lipinski definition) is 1. The zero-order chi connectivity index (χ0) is 18.4. The molecule has 0 radical (unpaired) electrons. The van der Waals surface area contributed by atoms with E-state index in [1.54, 1.807) is 6.07 Å². The van der Waals surface area contributed by atoms with E-state index in [-0.39, 0.29) is 5.02 Å². The second kappa shape index (κ2) is 8.72. The Kier molecular flexibility index (Phi) is 6.91. The number of hydrogen-bond donors (Lipinski definition) is 1. The smallest absolute Gasteiger partial charge is 0.312 e. The molecule has 25 heavy (non-hydrogen) atoms. The molecule has 0 saturated heterocycles. The van der Waals surface area contributed by atoms with E-state index in [4.69, 9.17) is 11.6 Å². The van der Waals surface area contributed by atoms with E-state index in [0.717, 1.165) is 12.5 Å². The average molecular weight is 370 g/mol. The Balaban J connectivity index is 2.05. The number of rotatable bonds is 7. The molecule has 2 aromatic carbocycles. The minimum absolute atomic E-state index is 0.220. The molecule has 0 aliphatic carbocycles. The standard InChI is InChI=1S/C20H23ClF3N/c1-14(2)11-17(15-7-4-3-5-8-15)13-25-12-16-9-6-10-18(19(16)21)20(22,23)24/h3-10,14,17,25H,11-13H2,1-2H3. The molecule has 5 heteroatoms. The monoisotopic (exact) mass is 369 g/mol. The van der Waals surface area contributed by atoms with E-state index in [9.17, 15) is 13.2 Å². The number of benzene rings is 2. The fraction of sp³-hybridized carbons (Fsp3) is 0.400. The molecule has 2 rings (SSSR count). The third-order valence-corrected chi connectivity index (χ3v) is 4.56. The van der Waals surface area contributed by atoms with Gasteiger partial charge >= 0.3 is 6.18 Å². The van der Waals surface area contributed by atoms with Crippen LogP contribution >= 0.6 is 11.6 Å². The van der Waals surface area contributed by atoms with Gasteiger partial charge in [0.1, 0.15) is 0 Å². The molecule has 0 aromatic heterocycles. The summed E-state index contributed by atoms with van der Waals surface area (Å²) in [5.74, 6) is 0.843. The zero-order valence-corrected chi connectivity index (χ0v) is 15.2. The van der Waals surface area contributed by atoms with Crippen LogP contribution in [-0.4, -0.2) is 6.54 Å². The van der Waals surface area contributed by atoms with Crippen molar-refractivity contribution in [3.05, 3.63) is 70.2 Å². The van der Waals surface area contributed by atoms with Crippen LogP contribution in [0.1, 0.15) is 42.9 Å². The van der Waals surface area contributed by atoms with Crippen molar-refractivity contribution in [1.29, 1.82) is 0 Å². The van der Waals surface area contributed by atoms with Crippen LogP contribution in [0.25, 0.3) is 0 Å². The molecular formula is C20H23ClF3N. The number of nitrogens with one attached hydrogen (secondary N) is 1. The molecule has 1 N–H and O–H groups in total. The maximum atomic E-state index is 12.9. The first-order chi connectivity index (χ1) is 11.8. The van der Waals surface area contributed by atoms with Gasteiger partial charge in [-0.2, -0.15) is 13.2 Å². The Hall–Kier alpha value is -1.52. The highest BCUT2D eigenvalue weighted by molar-refractivity contribution is 6.32. The van der Waals surface area contributed by atoms with Crippen LogP contribution in [0.2, 0.25) is 5.02 Å². The first-order valence-electron chi connectivity index (χ1n) is 8.39. The summed E-state index contributed by atoms with van der Waals surface area (Å²) >= 11 is 5.95. The Labute approximate surface area is 152 Å². The number of halogens is 4. The van der Waals surface area contributed by atoms with Crippen LogP contribution in [0.3, 0.4) is 0 Å². The highest BCUT2D eigenvalue weighted by Gasteiger charge is 2.33. The predicted molar refractivity (Wildman–Crippen MR) is 96.8 cm³/mol. The van der Waals surface area contributed by atoms with E-state index in [1.807, 2.05) is 18.2 Å². The molecule has 0 aliphatic heterocycles. The SMILES string of the molecule is CC(C)CC(CNCc1cccc(C(F)(F)F)c1Cl)c1ccccc1. The van der Waals surface area contributed by atoms with Gasteiger partial charge in [0, 0.05) is 13.1 Å². The van der Waals surface area contributed by atoms with Gasteiger partial charge in [-0.3, -0.25) is 0 Å². The summed E-state index contributed by atoms with van der Waals surface area (Å²) < 4.78 is 38.8. The molecule has 0 amide bonds. The van der Waals surface area contributed by atoms with E-state index in [0.29, 0.717) is 30.5 Å². The summed E-state index contributed by atoms with van der Waals surface area (Å²) in [6, 6.07) is 14.2. The summed E-state index contributed by atoms with van der Waals surface area (Å²) in [7, 11) is 0. The Morgan fingerprint density at radius 1 is 1.00 bits per heavy atom. The van der Waals surface area contributed by atoms with E-state index in [1.165, 1.54) is 11.6 Å². The second-order valence-electron chi connectivity index (χ2n) is 6.64. The van der Waals surface area contributed by atoms with Gasteiger partial charge in [0.15, 0.2) is 0 Å². The van der Waals surface area contributed by atoms with Crippen LogP contribution in [-0.2, 0) is 12.7 Å². The molecule has 0 bridgehead atoms. The second-order valence-corrected chi connectivity index (χ2v) is 7.02. The Morgan fingerprint density at radius 3 is 2.28 bits per heavy atom. The first-order valence-corrected chi connectivity index (χ1v) is 8.77. The van der Waals surface area contributed by atoms with E-state index >= 15 is 0 Å².